The molecule has 7 nitrogen and oxygen atoms in total. The van der Waals surface area contributed by atoms with Crippen molar-refractivity contribution in [3.63, 3.8) is 0 Å². The van der Waals surface area contributed by atoms with Crippen LogP contribution in [0.4, 0.5) is 5.69 Å². The standard InChI is InChI=1S/C24H26N2O5S2/c1-30-21-14-19(24(27)31-2)12-13-20(21)26-33(28,29)22-15-32-23(25-22)18-10-8-17(9-11-18)16-6-4-3-5-7-16/h8-16,26H,3-7H2,1-2H3. The molecule has 0 radical (unpaired) electrons. The summed E-state index contributed by atoms with van der Waals surface area (Å²) >= 11 is 1.28. The molecule has 33 heavy (non-hydrogen) atoms. The number of ether oxygens (including phenoxy) is 2. The van der Waals surface area contributed by atoms with E-state index in [9.17, 15) is 13.2 Å². The number of nitrogens with one attached hydrogen (secondary N) is 1. The van der Waals surface area contributed by atoms with Crippen LogP contribution in [0.25, 0.3) is 10.6 Å². The number of nitrogens with zero attached hydrogens (tertiary/aromatic N) is 1. The van der Waals surface area contributed by atoms with Crippen LogP contribution in [0.15, 0.2) is 52.9 Å². The number of hydrogen-bond acceptors (Lipinski definition) is 7. The number of benzene rings is 2. The first-order valence-electron chi connectivity index (χ1n) is 10.8. The third-order valence-corrected chi connectivity index (χ3v) is 8.15. The third kappa shape index (κ3) is 5.20. The number of sulfonamides is 1. The van der Waals surface area contributed by atoms with Crippen molar-refractivity contribution in [2.24, 2.45) is 0 Å². The molecule has 1 heterocycles. The van der Waals surface area contributed by atoms with E-state index in [0.29, 0.717) is 10.9 Å². The van der Waals surface area contributed by atoms with Crippen molar-refractivity contribution in [2.75, 3.05) is 18.9 Å². The average molecular weight is 487 g/mol. The van der Waals surface area contributed by atoms with E-state index in [1.54, 1.807) is 0 Å². The zero-order valence-electron chi connectivity index (χ0n) is 18.5. The highest BCUT2D eigenvalue weighted by Gasteiger charge is 2.22. The van der Waals surface area contributed by atoms with E-state index in [1.807, 2.05) is 12.1 Å². The van der Waals surface area contributed by atoms with Crippen LogP contribution in [0, 0.1) is 0 Å². The predicted octanol–water partition coefficient (Wildman–Crippen LogP) is 5.45. The summed E-state index contributed by atoms with van der Waals surface area (Å²) in [6.45, 7) is 0. The Morgan fingerprint density at radius 1 is 1.06 bits per heavy atom. The molecule has 1 fully saturated rings. The van der Waals surface area contributed by atoms with Crippen molar-refractivity contribution in [3.8, 4) is 16.3 Å². The number of thiazole rings is 1. The fourth-order valence-corrected chi connectivity index (χ4v) is 6.24. The van der Waals surface area contributed by atoms with Gasteiger partial charge in [-0.3, -0.25) is 4.72 Å². The van der Waals surface area contributed by atoms with Crippen molar-refractivity contribution < 1.29 is 22.7 Å². The lowest BCUT2D eigenvalue weighted by Crippen LogP contribution is -2.14. The zero-order chi connectivity index (χ0) is 23.4. The molecule has 4 rings (SSSR count). The van der Waals surface area contributed by atoms with Crippen molar-refractivity contribution in [3.05, 3.63) is 59.0 Å². The molecule has 0 amide bonds. The van der Waals surface area contributed by atoms with Crippen LogP contribution in [0.5, 0.6) is 5.75 Å². The van der Waals surface area contributed by atoms with Gasteiger partial charge in [0.25, 0.3) is 10.0 Å². The maximum Gasteiger partial charge on any atom is 0.337 e. The van der Waals surface area contributed by atoms with Crippen LogP contribution in [0.2, 0.25) is 0 Å². The van der Waals surface area contributed by atoms with Gasteiger partial charge >= 0.3 is 5.97 Å². The van der Waals surface area contributed by atoms with Gasteiger partial charge in [-0.1, -0.05) is 43.5 Å². The number of hydrogen-bond donors (Lipinski definition) is 1. The first-order valence-corrected chi connectivity index (χ1v) is 13.1. The molecule has 0 aliphatic heterocycles. The highest BCUT2D eigenvalue weighted by atomic mass is 32.2. The smallest absolute Gasteiger partial charge is 0.337 e. The molecule has 0 saturated heterocycles. The first kappa shape index (κ1) is 23.3. The van der Waals surface area contributed by atoms with E-state index < -0.39 is 16.0 Å². The second-order valence-corrected chi connectivity index (χ2v) is 10.4. The average Bonchev–Trinajstić information content (AvgIpc) is 3.36. The lowest BCUT2D eigenvalue weighted by atomic mass is 9.84. The second-order valence-electron chi connectivity index (χ2n) is 7.96. The number of carbonyl (C=O) groups is 1. The summed E-state index contributed by atoms with van der Waals surface area (Å²) in [6, 6.07) is 12.6. The summed E-state index contributed by atoms with van der Waals surface area (Å²) in [5.41, 5.74) is 2.69. The van der Waals surface area contributed by atoms with Crippen molar-refractivity contribution in [2.45, 2.75) is 43.0 Å². The maximum absolute atomic E-state index is 12.9. The van der Waals surface area contributed by atoms with Crippen LogP contribution < -0.4 is 9.46 Å². The highest BCUT2D eigenvalue weighted by Crippen LogP contribution is 2.35. The molecule has 0 bridgehead atoms. The first-order chi connectivity index (χ1) is 15.9. The molecule has 0 unspecified atom stereocenters. The predicted molar refractivity (Wildman–Crippen MR) is 129 cm³/mol. The quantitative estimate of drug-likeness (QED) is 0.446. The fraction of sp³-hybridized carbons (Fsp3) is 0.333. The summed E-state index contributed by atoms with van der Waals surface area (Å²) in [4.78, 5) is 16.1. The molecule has 1 aliphatic rings. The number of rotatable bonds is 7. The van der Waals surface area contributed by atoms with Gasteiger partial charge in [-0.15, -0.1) is 11.3 Å². The highest BCUT2D eigenvalue weighted by molar-refractivity contribution is 7.92. The van der Waals surface area contributed by atoms with Crippen LogP contribution in [-0.2, 0) is 14.8 Å². The minimum Gasteiger partial charge on any atom is -0.495 e. The normalized spacial score (nSPS) is 14.6. The Morgan fingerprint density at radius 3 is 2.45 bits per heavy atom. The van der Waals surface area contributed by atoms with E-state index >= 15 is 0 Å². The maximum atomic E-state index is 12.9. The molecule has 1 saturated carbocycles. The van der Waals surface area contributed by atoms with Crippen LogP contribution in [0.3, 0.4) is 0 Å². The molecule has 9 heteroatoms. The third-order valence-electron chi connectivity index (χ3n) is 5.86. The van der Waals surface area contributed by atoms with Gasteiger partial charge in [-0.25, -0.2) is 9.78 Å². The van der Waals surface area contributed by atoms with Gasteiger partial charge in [-0.2, -0.15) is 8.42 Å². The van der Waals surface area contributed by atoms with Gasteiger partial charge in [0, 0.05) is 10.9 Å². The fourth-order valence-electron chi connectivity index (χ4n) is 4.07. The van der Waals surface area contributed by atoms with Gasteiger partial charge in [0.15, 0.2) is 5.03 Å². The lowest BCUT2D eigenvalue weighted by Gasteiger charge is -2.21. The number of methoxy groups -OCH3 is 2. The molecular weight excluding hydrogens is 460 g/mol. The van der Waals surface area contributed by atoms with Gasteiger partial charge in [-0.05, 0) is 42.5 Å². The summed E-state index contributed by atoms with van der Waals surface area (Å²) in [5, 5.41) is 2.08. The molecule has 1 aliphatic carbocycles. The molecule has 174 valence electrons. The van der Waals surface area contributed by atoms with Crippen LogP contribution in [-0.4, -0.2) is 33.6 Å². The van der Waals surface area contributed by atoms with Gasteiger partial charge < -0.3 is 9.47 Å². The van der Waals surface area contributed by atoms with Crippen molar-refractivity contribution in [1.29, 1.82) is 0 Å². The molecule has 0 spiro atoms. The lowest BCUT2D eigenvalue weighted by molar-refractivity contribution is 0.0600. The van der Waals surface area contributed by atoms with Crippen LogP contribution in [0.1, 0.15) is 53.9 Å². The molecule has 1 N–H and O–H groups in total. The van der Waals surface area contributed by atoms with E-state index in [2.05, 4.69) is 21.8 Å². The van der Waals surface area contributed by atoms with E-state index in [-0.39, 0.29) is 22.0 Å². The topological polar surface area (TPSA) is 94.6 Å². The number of esters is 1. The molecule has 0 atom stereocenters. The van der Waals surface area contributed by atoms with E-state index in [1.165, 1.54) is 86.8 Å². The molecule has 2 aromatic carbocycles. The van der Waals surface area contributed by atoms with Gasteiger partial charge in [0.1, 0.15) is 10.8 Å². The Morgan fingerprint density at radius 2 is 1.79 bits per heavy atom. The minimum atomic E-state index is -3.94. The number of anilines is 1. The van der Waals surface area contributed by atoms with Crippen molar-refractivity contribution >= 4 is 33.0 Å². The van der Waals surface area contributed by atoms with E-state index in [4.69, 9.17) is 9.47 Å². The molecule has 1 aromatic heterocycles. The van der Waals surface area contributed by atoms with Crippen LogP contribution >= 0.6 is 11.3 Å². The molecular formula is C24H26N2O5S2. The Hall–Kier alpha value is -2.91. The largest absolute Gasteiger partial charge is 0.495 e. The summed E-state index contributed by atoms with van der Waals surface area (Å²) in [5.74, 6) is 0.279. The van der Waals surface area contributed by atoms with Gasteiger partial charge in [0.05, 0.1) is 25.5 Å². The SMILES string of the molecule is COC(=O)c1ccc(NS(=O)(=O)c2csc(-c3ccc(C4CCCCC4)cc3)n2)c(OC)c1. The second kappa shape index (κ2) is 9.93. The Labute approximate surface area is 197 Å². The Balaban J connectivity index is 1.52. The summed E-state index contributed by atoms with van der Waals surface area (Å²) in [7, 11) is -1.28. The van der Waals surface area contributed by atoms with Gasteiger partial charge in [0.2, 0.25) is 0 Å². The Bertz CT molecular complexity index is 1230. The summed E-state index contributed by atoms with van der Waals surface area (Å²) < 4.78 is 38.3. The van der Waals surface area contributed by atoms with Crippen molar-refractivity contribution in [1.82, 2.24) is 4.98 Å². The monoisotopic (exact) mass is 486 g/mol. The summed E-state index contributed by atoms with van der Waals surface area (Å²) in [6.07, 6.45) is 6.34. The minimum absolute atomic E-state index is 0.0713. The van der Waals surface area contributed by atoms with E-state index in [0.717, 1.165) is 5.56 Å². The number of carbonyl (C=O) groups excluding carboxylic acids is 1. The Kier molecular flexibility index (Phi) is 6.99. The zero-order valence-corrected chi connectivity index (χ0v) is 20.2. The number of aromatic nitrogens is 1. The molecule has 3 aromatic rings.